The van der Waals surface area contributed by atoms with Crippen LogP contribution >= 0.6 is 0 Å². The van der Waals surface area contributed by atoms with Crippen molar-refractivity contribution in [3.63, 3.8) is 0 Å². The van der Waals surface area contributed by atoms with Gasteiger partial charge in [0, 0.05) is 51.1 Å². The van der Waals surface area contributed by atoms with Crippen LogP contribution in [0.1, 0.15) is 25.8 Å². The van der Waals surface area contributed by atoms with Gasteiger partial charge in [0.05, 0.1) is 29.7 Å². The van der Waals surface area contributed by atoms with Crippen LogP contribution in [0.3, 0.4) is 0 Å². The summed E-state index contributed by atoms with van der Waals surface area (Å²) in [4.78, 5) is 18.5. The maximum Gasteiger partial charge on any atom is 0.222 e. The van der Waals surface area contributed by atoms with Crippen LogP contribution in [0.4, 0.5) is 17.5 Å². The molecule has 2 atom stereocenters. The second-order valence-corrected chi connectivity index (χ2v) is 9.57. The van der Waals surface area contributed by atoms with Crippen molar-refractivity contribution in [2.45, 2.75) is 31.8 Å². The molecule has 0 radical (unpaired) electrons. The highest BCUT2D eigenvalue weighted by molar-refractivity contribution is 5.92. The number of hydrogen-bond acceptors (Lipinski definition) is 9. The Kier molecular flexibility index (Phi) is 5.28. The summed E-state index contributed by atoms with van der Waals surface area (Å²) in [7, 11) is 6.15. The van der Waals surface area contributed by atoms with E-state index in [1.54, 1.807) is 17.1 Å². The molecule has 6 heterocycles. The second kappa shape index (κ2) is 8.49. The van der Waals surface area contributed by atoms with Crippen molar-refractivity contribution in [2.24, 2.45) is 7.05 Å². The molecule has 1 fully saturated rings. The van der Waals surface area contributed by atoms with Gasteiger partial charge in [-0.3, -0.25) is 4.68 Å². The fraction of sp³-hybridized carbons (Fsp3) is 0.458. The summed E-state index contributed by atoms with van der Waals surface area (Å²) >= 11 is 0. The number of anilines is 3. The van der Waals surface area contributed by atoms with Gasteiger partial charge in [-0.05, 0) is 33.5 Å². The molecular weight excluding hydrogens is 444 g/mol. The van der Waals surface area contributed by atoms with E-state index in [1.807, 2.05) is 19.3 Å². The zero-order valence-corrected chi connectivity index (χ0v) is 20.5. The van der Waals surface area contributed by atoms with Crippen molar-refractivity contribution in [2.75, 3.05) is 44.0 Å². The molecule has 182 valence electrons. The fourth-order valence-electron chi connectivity index (χ4n) is 4.90. The van der Waals surface area contributed by atoms with Gasteiger partial charge in [0.25, 0.3) is 0 Å². The third-order valence-electron chi connectivity index (χ3n) is 6.99. The number of hydrogen-bond donors (Lipinski definition) is 1. The quantitative estimate of drug-likeness (QED) is 0.470. The topological polar surface area (TPSA) is 102 Å². The summed E-state index contributed by atoms with van der Waals surface area (Å²) < 4.78 is 10.0. The summed E-state index contributed by atoms with van der Waals surface area (Å²) in [5.74, 6) is 3.58. The lowest BCUT2D eigenvalue weighted by Gasteiger charge is -2.20. The molecule has 0 unspecified atom stereocenters. The molecule has 1 saturated heterocycles. The van der Waals surface area contributed by atoms with Crippen molar-refractivity contribution in [1.29, 1.82) is 0 Å². The minimum Gasteiger partial charge on any atom is -0.477 e. The van der Waals surface area contributed by atoms with Gasteiger partial charge in [0.2, 0.25) is 5.88 Å². The molecule has 0 aromatic carbocycles. The molecular formula is C24H30N10O. The summed E-state index contributed by atoms with van der Waals surface area (Å²) in [5.41, 5.74) is 1.81. The van der Waals surface area contributed by atoms with Crippen molar-refractivity contribution in [3.05, 3.63) is 30.7 Å². The van der Waals surface area contributed by atoms with E-state index in [0.29, 0.717) is 36.0 Å². The van der Waals surface area contributed by atoms with Gasteiger partial charge in [-0.15, -0.1) is 0 Å². The molecule has 0 amide bonds. The normalized spacial score (nSPS) is 20.1. The Morgan fingerprint density at radius 3 is 2.86 bits per heavy atom. The number of pyridine rings is 1. The molecule has 6 rings (SSSR count). The van der Waals surface area contributed by atoms with Crippen molar-refractivity contribution in [3.8, 4) is 17.3 Å². The summed E-state index contributed by atoms with van der Waals surface area (Å²) in [5, 5.41) is 13.9. The number of nitrogens with zero attached hydrogens (tertiary/aromatic N) is 9. The van der Waals surface area contributed by atoms with E-state index in [2.05, 4.69) is 57.0 Å². The molecule has 4 aromatic rings. The van der Waals surface area contributed by atoms with E-state index in [4.69, 9.17) is 19.8 Å². The van der Waals surface area contributed by atoms with Gasteiger partial charge in [-0.1, -0.05) is 0 Å². The van der Waals surface area contributed by atoms with Crippen LogP contribution in [-0.4, -0.2) is 79.2 Å². The highest BCUT2D eigenvalue weighted by atomic mass is 16.5. The largest absolute Gasteiger partial charge is 0.477 e. The lowest BCUT2D eigenvalue weighted by molar-refractivity contribution is 0.260. The first-order chi connectivity index (χ1) is 17.0. The molecule has 4 bridgehead atoms. The van der Waals surface area contributed by atoms with Gasteiger partial charge in [0.15, 0.2) is 11.6 Å². The smallest absolute Gasteiger partial charge is 0.222 e. The highest BCUT2D eigenvalue weighted by Gasteiger charge is 2.28. The number of aryl methyl sites for hydroxylation is 1. The lowest BCUT2D eigenvalue weighted by atomic mass is 10.2. The fourth-order valence-corrected chi connectivity index (χ4v) is 4.90. The van der Waals surface area contributed by atoms with Gasteiger partial charge in [0.1, 0.15) is 17.2 Å². The van der Waals surface area contributed by atoms with Crippen LogP contribution in [0.2, 0.25) is 0 Å². The first kappa shape index (κ1) is 21.8. The molecule has 2 aliphatic rings. The number of fused-ring (bicyclic) bond motifs is 5. The molecule has 1 N–H and O–H groups in total. The van der Waals surface area contributed by atoms with E-state index < -0.39 is 0 Å². The number of aromatic nitrogens is 7. The molecule has 0 aliphatic carbocycles. The summed E-state index contributed by atoms with van der Waals surface area (Å²) in [6.45, 7) is 4.65. The monoisotopic (exact) mass is 474 g/mol. The molecule has 0 spiro atoms. The average Bonchev–Trinajstić information content (AvgIpc) is 3.56. The van der Waals surface area contributed by atoms with Crippen molar-refractivity contribution >= 4 is 28.4 Å². The van der Waals surface area contributed by atoms with Gasteiger partial charge >= 0.3 is 0 Å². The molecule has 11 nitrogen and oxygen atoms in total. The molecule has 11 heteroatoms. The Morgan fingerprint density at radius 1 is 1.14 bits per heavy atom. The predicted octanol–water partition coefficient (Wildman–Crippen LogP) is 2.85. The molecule has 0 saturated carbocycles. The Hall–Kier alpha value is -3.73. The number of ether oxygens (including phenoxy) is 1. The molecule has 35 heavy (non-hydrogen) atoms. The first-order valence-corrected chi connectivity index (χ1v) is 12.0. The average molecular weight is 475 g/mol. The molecule has 4 aromatic heterocycles. The van der Waals surface area contributed by atoms with E-state index in [1.165, 1.54) is 0 Å². The van der Waals surface area contributed by atoms with Gasteiger partial charge in [-0.25, -0.2) is 19.6 Å². The summed E-state index contributed by atoms with van der Waals surface area (Å²) in [6, 6.07) is 4.54. The minimum absolute atomic E-state index is 0.127. The van der Waals surface area contributed by atoms with E-state index in [0.717, 1.165) is 48.2 Å². The number of rotatable bonds is 2. The van der Waals surface area contributed by atoms with Crippen LogP contribution in [0.5, 0.6) is 5.88 Å². The Labute approximate surface area is 203 Å². The number of likely N-dealkylation sites (N-methyl/N-ethyl adjacent to an activating group) is 1. The van der Waals surface area contributed by atoms with Gasteiger partial charge < -0.3 is 19.9 Å². The Balaban J connectivity index is 1.43. The highest BCUT2D eigenvalue weighted by Crippen LogP contribution is 2.34. The maximum absolute atomic E-state index is 6.20. The third-order valence-corrected chi connectivity index (χ3v) is 6.99. The number of nitrogens with one attached hydrogen (secondary N) is 1. The van der Waals surface area contributed by atoms with Gasteiger partial charge in [-0.2, -0.15) is 10.2 Å². The van der Waals surface area contributed by atoms with E-state index in [-0.39, 0.29) is 6.04 Å². The van der Waals surface area contributed by atoms with Crippen LogP contribution in [0.25, 0.3) is 22.3 Å². The lowest BCUT2D eigenvalue weighted by Crippen LogP contribution is -2.31. The van der Waals surface area contributed by atoms with E-state index >= 15 is 0 Å². The Bertz CT molecular complexity index is 1380. The first-order valence-electron chi connectivity index (χ1n) is 12.0. The van der Waals surface area contributed by atoms with Crippen LogP contribution in [-0.2, 0) is 7.05 Å². The summed E-state index contributed by atoms with van der Waals surface area (Å²) in [6.07, 6.45) is 7.30. The van der Waals surface area contributed by atoms with Crippen molar-refractivity contribution < 1.29 is 4.74 Å². The van der Waals surface area contributed by atoms with Crippen LogP contribution in [0, 0.1) is 0 Å². The SMILES string of the molecule is C[C@H]1CCOc2c(cnn2C)-c2nccc(n2)Nc2cc3c(cn2)c(N2CC[C@@H](N(C)C)C2)nn31. The van der Waals surface area contributed by atoms with E-state index in [9.17, 15) is 0 Å². The zero-order valence-electron chi connectivity index (χ0n) is 20.5. The minimum atomic E-state index is 0.127. The standard InChI is InChI=1S/C24H30N10O/c1-15-7-10-35-24-18(13-27-32(24)4)22-25-8-5-20(29-22)28-21-11-19-17(12-26-21)23(30-34(15)19)33-9-6-16(14-33)31(2)3/h5,8,11-13,15-16H,6-7,9-10,14H2,1-4H3,(H,25,26,28,29)/t15-,16+/m0/s1. The Morgan fingerprint density at radius 2 is 2.03 bits per heavy atom. The van der Waals surface area contributed by atoms with Crippen LogP contribution < -0.4 is 15.0 Å². The second-order valence-electron chi connectivity index (χ2n) is 9.57. The maximum atomic E-state index is 6.20. The predicted molar refractivity (Wildman–Crippen MR) is 134 cm³/mol. The van der Waals surface area contributed by atoms with Crippen molar-refractivity contribution in [1.82, 2.24) is 39.4 Å². The molecule has 2 aliphatic heterocycles. The third kappa shape index (κ3) is 3.85. The van der Waals surface area contributed by atoms with Crippen LogP contribution in [0.15, 0.2) is 30.7 Å². The zero-order chi connectivity index (χ0) is 24.1.